The van der Waals surface area contributed by atoms with Gasteiger partial charge in [-0.2, -0.15) is 0 Å². The van der Waals surface area contributed by atoms with Gasteiger partial charge in [0, 0.05) is 19.3 Å². The van der Waals surface area contributed by atoms with E-state index >= 15 is 0 Å². The van der Waals surface area contributed by atoms with Crippen molar-refractivity contribution in [3.8, 4) is 0 Å². The van der Waals surface area contributed by atoms with Crippen molar-refractivity contribution in [1.29, 1.82) is 0 Å². The first-order chi connectivity index (χ1) is 25.0. The Hall–Kier alpha value is -1.80. The first kappa shape index (κ1) is 50.2. The van der Waals surface area contributed by atoms with Gasteiger partial charge in [-0.3, -0.25) is 18.9 Å². The second-order valence-electron chi connectivity index (χ2n) is 14.8. The van der Waals surface area contributed by atoms with Gasteiger partial charge in [-0.05, 0) is 44.1 Å². The summed E-state index contributed by atoms with van der Waals surface area (Å²) in [4.78, 5) is 54.5. The maximum absolute atomic E-state index is 12.4. The van der Waals surface area contributed by atoms with Crippen LogP contribution in [0.3, 0.4) is 0 Å². The summed E-state index contributed by atoms with van der Waals surface area (Å²) < 4.78 is 26.3. The Morgan fingerprint density at radius 1 is 0.596 bits per heavy atom. The van der Waals surface area contributed by atoms with Gasteiger partial charge in [0.25, 0.3) is 0 Å². The molecule has 0 fully saturated rings. The molecule has 0 aliphatic carbocycles. The van der Waals surface area contributed by atoms with Crippen LogP contribution >= 0.6 is 7.82 Å². The number of ether oxygens (including phenoxy) is 2. The van der Waals surface area contributed by atoms with Crippen LogP contribution in [0.2, 0.25) is 0 Å². The molecule has 9 nitrogen and oxygen atoms in total. The number of hydrogen-bond acceptors (Lipinski definition) is 7. The van der Waals surface area contributed by atoms with Crippen LogP contribution < -0.4 is 0 Å². The number of unbranched alkanes of at least 4 members (excludes halogenated alkanes) is 21. The van der Waals surface area contributed by atoms with Crippen molar-refractivity contribution in [1.82, 2.24) is 0 Å². The van der Waals surface area contributed by atoms with E-state index in [1.165, 1.54) is 77.0 Å². The van der Waals surface area contributed by atoms with Crippen LogP contribution in [0, 0.1) is 5.92 Å². The minimum Gasteiger partial charge on any atom is -0.462 e. The number of ketones is 1. The van der Waals surface area contributed by atoms with Crippen molar-refractivity contribution in [2.45, 2.75) is 207 Å². The highest BCUT2D eigenvalue weighted by atomic mass is 31.2. The Balaban J connectivity index is 3.95. The van der Waals surface area contributed by atoms with Gasteiger partial charge in [-0.25, -0.2) is 4.57 Å². The van der Waals surface area contributed by atoms with Crippen molar-refractivity contribution < 1.29 is 42.7 Å². The summed E-state index contributed by atoms with van der Waals surface area (Å²) in [6.45, 7) is 5.86. The van der Waals surface area contributed by atoms with Gasteiger partial charge < -0.3 is 19.3 Å². The van der Waals surface area contributed by atoms with Crippen LogP contribution in [0.4, 0.5) is 0 Å². The van der Waals surface area contributed by atoms with Gasteiger partial charge in [-0.1, -0.05) is 167 Å². The highest BCUT2D eigenvalue weighted by Crippen LogP contribution is 2.36. The van der Waals surface area contributed by atoms with E-state index in [0.717, 1.165) is 76.5 Å². The molecule has 0 aromatic heterocycles. The highest BCUT2D eigenvalue weighted by Gasteiger charge is 2.23. The van der Waals surface area contributed by atoms with Crippen molar-refractivity contribution in [3.63, 3.8) is 0 Å². The van der Waals surface area contributed by atoms with Crippen LogP contribution in [0.25, 0.3) is 0 Å². The Kier molecular flexibility index (Phi) is 34.9. The molecule has 0 unspecified atom stereocenters. The molecule has 0 bridgehead atoms. The van der Waals surface area contributed by atoms with E-state index < -0.39 is 32.5 Å². The van der Waals surface area contributed by atoms with E-state index in [0.29, 0.717) is 19.3 Å². The Morgan fingerprint density at radius 3 is 1.60 bits per heavy atom. The van der Waals surface area contributed by atoms with Gasteiger partial charge in [0.15, 0.2) is 11.9 Å². The second kappa shape index (κ2) is 36.2. The molecule has 0 radical (unpaired) electrons. The fourth-order valence-corrected chi connectivity index (χ4v) is 6.31. The molecule has 0 aliphatic rings. The molecule has 0 saturated carbocycles. The van der Waals surface area contributed by atoms with Crippen LogP contribution in [0.15, 0.2) is 24.3 Å². The molecule has 304 valence electrons. The standard InChI is InChI=1S/C42H77O9P/c1-4-5-26-32-39(43)33-28-23-19-15-13-17-20-24-29-34-41(44)49-36-40(37-50-52(46,47)48)51-42(45)35-30-25-21-16-12-10-8-6-7-9-11-14-18-22-27-31-38(2)3/h19,23,28,33,38,40H,4-18,20-22,24-27,29-32,34-37H2,1-3H3,(H2,46,47,48)/b23-19-,33-28+/t40-/m1/s1. The smallest absolute Gasteiger partial charge is 0.462 e. The van der Waals surface area contributed by atoms with E-state index in [1.807, 2.05) is 12.2 Å². The second-order valence-corrected chi connectivity index (χ2v) is 16.1. The molecular formula is C42H77O9P. The summed E-state index contributed by atoms with van der Waals surface area (Å²) in [6.07, 6.45) is 36.0. The quantitative estimate of drug-likeness (QED) is 0.0207. The van der Waals surface area contributed by atoms with E-state index in [9.17, 15) is 18.9 Å². The summed E-state index contributed by atoms with van der Waals surface area (Å²) in [5.41, 5.74) is 0. The minimum absolute atomic E-state index is 0.174. The molecule has 0 spiro atoms. The average molecular weight is 757 g/mol. The zero-order valence-corrected chi connectivity index (χ0v) is 34.3. The first-order valence-corrected chi connectivity index (χ1v) is 22.5. The third kappa shape index (κ3) is 39.4. The molecule has 10 heteroatoms. The van der Waals surface area contributed by atoms with Crippen LogP contribution in [-0.2, 0) is 32.9 Å². The van der Waals surface area contributed by atoms with Crippen LogP contribution in [-0.4, -0.2) is 46.8 Å². The molecular weight excluding hydrogens is 679 g/mol. The van der Waals surface area contributed by atoms with Crippen LogP contribution in [0.5, 0.6) is 0 Å². The van der Waals surface area contributed by atoms with Gasteiger partial charge in [0.2, 0.25) is 0 Å². The summed E-state index contributed by atoms with van der Waals surface area (Å²) in [6, 6.07) is 0. The van der Waals surface area contributed by atoms with Crippen molar-refractivity contribution in [3.05, 3.63) is 24.3 Å². The Morgan fingerprint density at radius 2 is 1.08 bits per heavy atom. The summed E-state index contributed by atoms with van der Waals surface area (Å²) in [5, 5.41) is 0. The van der Waals surface area contributed by atoms with Crippen LogP contribution in [0.1, 0.15) is 201 Å². The molecule has 0 aromatic carbocycles. The van der Waals surface area contributed by atoms with Crippen molar-refractivity contribution in [2.24, 2.45) is 5.92 Å². The van der Waals surface area contributed by atoms with Gasteiger partial charge >= 0.3 is 19.8 Å². The third-order valence-corrected chi connectivity index (χ3v) is 9.61. The van der Waals surface area contributed by atoms with E-state index in [4.69, 9.17) is 19.3 Å². The molecule has 0 heterocycles. The first-order valence-electron chi connectivity index (χ1n) is 20.9. The predicted molar refractivity (Wildman–Crippen MR) is 212 cm³/mol. The summed E-state index contributed by atoms with van der Waals surface area (Å²) in [7, 11) is -4.77. The lowest BCUT2D eigenvalue weighted by molar-refractivity contribution is -0.161. The summed E-state index contributed by atoms with van der Waals surface area (Å²) >= 11 is 0. The monoisotopic (exact) mass is 757 g/mol. The van der Waals surface area contributed by atoms with Crippen molar-refractivity contribution in [2.75, 3.05) is 13.2 Å². The lowest BCUT2D eigenvalue weighted by Gasteiger charge is -2.18. The molecule has 0 saturated heterocycles. The molecule has 0 aliphatic heterocycles. The number of phosphoric acid groups is 1. The number of allylic oxidation sites excluding steroid dienone is 4. The number of phosphoric ester groups is 1. The Labute approximate surface area is 317 Å². The zero-order chi connectivity index (χ0) is 38.5. The highest BCUT2D eigenvalue weighted by molar-refractivity contribution is 7.46. The maximum Gasteiger partial charge on any atom is 0.469 e. The molecule has 52 heavy (non-hydrogen) atoms. The molecule has 0 amide bonds. The van der Waals surface area contributed by atoms with Gasteiger partial charge in [0.05, 0.1) is 6.61 Å². The third-order valence-electron chi connectivity index (χ3n) is 9.13. The average Bonchev–Trinajstić information content (AvgIpc) is 3.09. The lowest BCUT2D eigenvalue weighted by Crippen LogP contribution is -2.29. The number of esters is 2. The van der Waals surface area contributed by atoms with E-state index in [-0.39, 0.29) is 25.2 Å². The molecule has 1 atom stereocenters. The fraction of sp³-hybridized carbons (Fsp3) is 0.833. The summed E-state index contributed by atoms with van der Waals surface area (Å²) in [5.74, 6) is 0.0665. The van der Waals surface area contributed by atoms with E-state index in [1.54, 1.807) is 6.08 Å². The van der Waals surface area contributed by atoms with Gasteiger partial charge in [0.1, 0.15) is 6.61 Å². The van der Waals surface area contributed by atoms with Crippen molar-refractivity contribution >= 4 is 25.5 Å². The zero-order valence-electron chi connectivity index (χ0n) is 33.4. The van der Waals surface area contributed by atoms with E-state index in [2.05, 4.69) is 31.4 Å². The predicted octanol–water partition coefficient (Wildman–Crippen LogP) is 11.8. The molecule has 0 aromatic rings. The SMILES string of the molecule is CCCCCC(=O)/C=C/C=C\CCCCCCCC(=O)OC[C@H](COP(=O)(O)O)OC(=O)CCCCCCCCCCCCCCCCCC(C)C. The minimum atomic E-state index is -4.77. The number of hydrogen-bond donors (Lipinski definition) is 2. The number of carbonyl (C=O) groups is 3. The topological polar surface area (TPSA) is 136 Å². The number of rotatable bonds is 38. The molecule has 2 N–H and O–H groups in total. The Bertz CT molecular complexity index is 973. The largest absolute Gasteiger partial charge is 0.469 e. The van der Waals surface area contributed by atoms with Gasteiger partial charge in [-0.15, -0.1) is 0 Å². The lowest BCUT2D eigenvalue weighted by atomic mass is 10.0. The fourth-order valence-electron chi connectivity index (χ4n) is 5.95. The normalized spacial score (nSPS) is 12.7. The number of carbonyl (C=O) groups excluding carboxylic acids is 3. The molecule has 0 rings (SSSR count). The maximum atomic E-state index is 12.4.